The van der Waals surface area contributed by atoms with Gasteiger partial charge in [0.1, 0.15) is 18.1 Å². The molecule has 0 aliphatic rings. The van der Waals surface area contributed by atoms with E-state index in [1.165, 1.54) is 4.68 Å². The molecule has 6 heteroatoms. The van der Waals surface area contributed by atoms with Crippen LogP contribution in [0.15, 0.2) is 18.2 Å². The van der Waals surface area contributed by atoms with Crippen LogP contribution in [0.3, 0.4) is 0 Å². The predicted molar refractivity (Wildman–Crippen MR) is 72.9 cm³/mol. The van der Waals surface area contributed by atoms with Gasteiger partial charge in [-0.2, -0.15) is 0 Å². The van der Waals surface area contributed by atoms with E-state index in [2.05, 4.69) is 10.3 Å². The smallest absolute Gasteiger partial charge is 0.358 e. The molecule has 2 aromatic rings. The van der Waals surface area contributed by atoms with Crippen LogP contribution in [0.4, 0.5) is 0 Å². The third kappa shape index (κ3) is 2.64. The molecule has 6 nitrogen and oxygen atoms in total. The van der Waals surface area contributed by atoms with Gasteiger partial charge in [-0.1, -0.05) is 23.4 Å². The lowest BCUT2D eigenvalue weighted by Gasteiger charge is -2.12. The van der Waals surface area contributed by atoms with E-state index in [9.17, 15) is 4.79 Å². The van der Waals surface area contributed by atoms with Crippen LogP contribution >= 0.6 is 0 Å². The van der Waals surface area contributed by atoms with E-state index < -0.39 is 5.97 Å². The molecule has 1 heterocycles. The number of para-hydroxylation sites is 1. The van der Waals surface area contributed by atoms with Gasteiger partial charge in [-0.3, -0.25) is 0 Å². The van der Waals surface area contributed by atoms with Gasteiger partial charge in [0.15, 0.2) is 5.69 Å². The second-order valence-electron chi connectivity index (χ2n) is 4.52. The molecule has 0 fully saturated rings. The summed E-state index contributed by atoms with van der Waals surface area (Å²) in [6.45, 7) is 6.47. The van der Waals surface area contributed by atoms with Crippen LogP contribution in [0.1, 0.15) is 34.2 Å². The van der Waals surface area contributed by atoms with Crippen LogP contribution < -0.4 is 4.74 Å². The highest BCUT2D eigenvalue weighted by Crippen LogP contribution is 2.23. The zero-order chi connectivity index (χ0) is 14.7. The monoisotopic (exact) mass is 275 g/mol. The minimum absolute atomic E-state index is 0.0573. The topological polar surface area (TPSA) is 77.2 Å². The highest BCUT2D eigenvalue weighted by Gasteiger charge is 2.19. The van der Waals surface area contributed by atoms with Gasteiger partial charge in [-0.05, 0) is 31.9 Å². The summed E-state index contributed by atoms with van der Waals surface area (Å²) in [5, 5.41) is 16.6. The van der Waals surface area contributed by atoms with E-state index in [1.54, 1.807) is 0 Å². The maximum Gasteiger partial charge on any atom is 0.358 e. The molecular weight excluding hydrogens is 258 g/mol. The van der Waals surface area contributed by atoms with Gasteiger partial charge >= 0.3 is 5.97 Å². The molecule has 0 saturated carbocycles. The van der Waals surface area contributed by atoms with Gasteiger partial charge in [0, 0.05) is 6.54 Å². The van der Waals surface area contributed by atoms with Crippen molar-refractivity contribution in [2.75, 3.05) is 0 Å². The van der Waals surface area contributed by atoms with E-state index in [-0.39, 0.29) is 12.3 Å². The van der Waals surface area contributed by atoms with Crippen LogP contribution in [0, 0.1) is 13.8 Å². The molecule has 0 aliphatic carbocycles. The molecule has 2 rings (SSSR count). The molecule has 0 unspecified atom stereocenters. The van der Waals surface area contributed by atoms with E-state index >= 15 is 0 Å². The molecule has 0 saturated heterocycles. The standard InChI is InChI=1S/C14H17N3O3/c1-4-17-11(12(14(18)19)15-16-17)8-20-13-9(2)6-5-7-10(13)3/h5-7H,4,8H2,1-3H3,(H,18,19). The van der Waals surface area contributed by atoms with Gasteiger partial charge in [-0.25, -0.2) is 9.48 Å². The normalized spacial score (nSPS) is 10.6. The molecule has 1 aromatic carbocycles. The van der Waals surface area contributed by atoms with Crippen molar-refractivity contribution in [1.82, 2.24) is 15.0 Å². The van der Waals surface area contributed by atoms with Crippen molar-refractivity contribution < 1.29 is 14.6 Å². The molecule has 0 atom stereocenters. The molecule has 0 amide bonds. The summed E-state index contributed by atoms with van der Waals surface area (Å²) < 4.78 is 7.32. The SMILES string of the molecule is CCn1nnc(C(=O)O)c1COc1c(C)cccc1C. The van der Waals surface area contributed by atoms with Crippen molar-refractivity contribution in [2.24, 2.45) is 0 Å². The van der Waals surface area contributed by atoms with Gasteiger partial charge < -0.3 is 9.84 Å². The maximum atomic E-state index is 11.1. The van der Waals surface area contributed by atoms with Crippen LogP contribution in [0.25, 0.3) is 0 Å². The number of carboxylic acids is 1. The van der Waals surface area contributed by atoms with E-state index in [1.807, 2.05) is 39.0 Å². The fraction of sp³-hybridized carbons (Fsp3) is 0.357. The molecular formula is C14H17N3O3. The molecule has 0 aliphatic heterocycles. The minimum Gasteiger partial charge on any atom is -0.487 e. The Morgan fingerprint density at radius 1 is 1.35 bits per heavy atom. The number of aromatic nitrogens is 3. The average molecular weight is 275 g/mol. The zero-order valence-corrected chi connectivity index (χ0v) is 11.8. The van der Waals surface area contributed by atoms with Gasteiger partial charge in [0.25, 0.3) is 0 Å². The molecule has 0 bridgehead atoms. The van der Waals surface area contributed by atoms with Gasteiger partial charge in [-0.15, -0.1) is 5.10 Å². The summed E-state index contributed by atoms with van der Waals surface area (Å²) >= 11 is 0. The number of aryl methyl sites for hydroxylation is 3. The predicted octanol–water partition coefficient (Wildman–Crippen LogP) is 2.19. The summed E-state index contributed by atoms with van der Waals surface area (Å²) in [6.07, 6.45) is 0. The van der Waals surface area contributed by atoms with Crippen molar-refractivity contribution >= 4 is 5.97 Å². The number of carboxylic acid groups (broad SMARTS) is 1. The number of ether oxygens (including phenoxy) is 1. The van der Waals surface area contributed by atoms with Crippen LogP contribution in [-0.4, -0.2) is 26.1 Å². The van der Waals surface area contributed by atoms with Crippen molar-refractivity contribution in [1.29, 1.82) is 0 Å². The first-order chi connectivity index (χ1) is 9.54. The largest absolute Gasteiger partial charge is 0.487 e. The minimum atomic E-state index is -1.09. The van der Waals surface area contributed by atoms with Crippen molar-refractivity contribution in [2.45, 2.75) is 33.9 Å². The first-order valence-electron chi connectivity index (χ1n) is 6.39. The van der Waals surface area contributed by atoms with E-state index in [0.29, 0.717) is 12.2 Å². The fourth-order valence-corrected chi connectivity index (χ4v) is 2.06. The Hall–Kier alpha value is -2.37. The van der Waals surface area contributed by atoms with Gasteiger partial charge in [0.2, 0.25) is 0 Å². The van der Waals surface area contributed by atoms with E-state index in [4.69, 9.17) is 9.84 Å². The molecule has 20 heavy (non-hydrogen) atoms. The highest BCUT2D eigenvalue weighted by atomic mass is 16.5. The van der Waals surface area contributed by atoms with Crippen molar-refractivity contribution in [3.05, 3.63) is 40.7 Å². The Kier molecular flexibility index (Phi) is 4.02. The third-order valence-corrected chi connectivity index (χ3v) is 3.10. The van der Waals surface area contributed by atoms with E-state index in [0.717, 1.165) is 16.9 Å². The highest BCUT2D eigenvalue weighted by molar-refractivity contribution is 5.86. The quantitative estimate of drug-likeness (QED) is 0.905. The first kappa shape index (κ1) is 14.0. The summed E-state index contributed by atoms with van der Waals surface area (Å²) in [6, 6.07) is 5.86. The molecule has 106 valence electrons. The number of rotatable bonds is 5. The van der Waals surface area contributed by atoms with Crippen LogP contribution in [0.5, 0.6) is 5.75 Å². The Balaban J connectivity index is 2.27. The zero-order valence-electron chi connectivity index (χ0n) is 11.8. The first-order valence-corrected chi connectivity index (χ1v) is 6.39. The number of nitrogens with zero attached hydrogens (tertiary/aromatic N) is 3. The number of carbonyl (C=O) groups is 1. The Morgan fingerprint density at radius 2 is 2.00 bits per heavy atom. The summed E-state index contributed by atoms with van der Waals surface area (Å²) in [5.74, 6) is -0.322. The lowest BCUT2D eigenvalue weighted by Crippen LogP contribution is -2.11. The number of hydrogen-bond acceptors (Lipinski definition) is 4. The summed E-state index contributed by atoms with van der Waals surface area (Å²) in [4.78, 5) is 11.1. The number of aromatic carboxylic acids is 1. The second-order valence-corrected chi connectivity index (χ2v) is 4.52. The van der Waals surface area contributed by atoms with Crippen LogP contribution in [0.2, 0.25) is 0 Å². The number of hydrogen-bond donors (Lipinski definition) is 1. The van der Waals surface area contributed by atoms with Crippen molar-refractivity contribution in [3.63, 3.8) is 0 Å². The summed E-state index contributed by atoms with van der Waals surface area (Å²) in [5.41, 5.74) is 2.44. The van der Waals surface area contributed by atoms with Gasteiger partial charge in [0.05, 0.1) is 0 Å². The summed E-state index contributed by atoms with van der Waals surface area (Å²) in [7, 11) is 0. The molecule has 0 radical (unpaired) electrons. The molecule has 0 spiro atoms. The second kappa shape index (κ2) is 5.73. The Bertz CT molecular complexity index is 614. The molecule has 1 aromatic heterocycles. The Morgan fingerprint density at radius 3 is 2.55 bits per heavy atom. The Labute approximate surface area is 117 Å². The van der Waals surface area contributed by atoms with Crippen molar-refractivity contribution in [3.8, 4) is 5.75 Å². The average Bonchev–Trinajstić information content (AvgIpc) is 2.81. The van der Waals surface area contributed by atoms with Crippen LogP contribution in [-0.2, 0) is 13.2 Å². The molecule has 1 N–H and O–H groups in total. The fourth-order valence-electron chi connectivity index (χ4n) is 2.06. The maximum absolute atomic E-state index is 11.1. The lowest BCUT2D eigenvalue weighted by atomic mass is 10.1. The third-order valence-electron chi connectivity index (χ3n) is 3.10. The number of benzene rings is 1. The lowest BCUT2D eigenvalue weighted by molar-refractivity contribution is 0.0687.